The fourth-order valence-corrected chi connectivity index (χ4v) is 3.08. The number of phenols is 1. The van der Waals surface area contributed by atoms with Gasteiger partial charge in [-0.3, -0.25) is 4.79 Å². The fourth-order valence-electron chi connectivity index (χ4n) is 3.08. The normalized spacial score (nSPS) is 11.0. The molecule has 0 spiro atoms. The third kappa shape index (κ3) is 4.10. The first-order valence-electron chi connectivity index (χ1n) is 9.05. The molecule has 136 valence electrons. The van der Waals surface area contributed by atoms with Crippen molar-refractivity contribution in [2.45, 2.75) is 0 Å². The van der Waals surface area contributed by atoms with Crippen LogP contribution in [0.3, 0.4) is 0 Å². The zero-order chi connectivity index (χ0) is 19.3. The summed E-state index contributed by atoms with van der Waals surface area (Å²) in [6, 6.07) is 28.9. The molecule has 28 heavy (non-hydrogen) atoms. The van der Waals surface area contributed by atoms with Gasteiger partial charge in [0, 0.05) is 11.8 Å². The van der Waals surface area contributed by atoms with E-state index in [9.17, 15) is 9.90 Å². The summed E-state index contributed by atoms with van der Waals surface area (Å²) in [6.45, 7) is 0. The molecule has 0 fully saturated rings. The van der Waals surface area contributed by atoms with Gasteiger partial charge in [-0.2, -0.15) is 0 Å². The van der Waals surface area contributed by atoms with Gasteiger partial charge in [0.05, 0.1) is 0 Å². The zero-order valence-corrected chi connectivity index (χ0v) is 15.2. The van der Waals surface area contributed by atoms with Gasteiger partial charge in [0.1, 0.15) is 5.75 Å². The van der Waals surface area contributed by atoms with Crippen LogP contribution in [0, 0.1) is 0 Å². The van der Waals surface area contributed by atoms with Gasteiger partial charge in [-0.1, -0.05) is 60.7 Å². The molecule has 0 bridgehead atoms. The third-order valence-electron chi connectivity index (χ3n) is 4.54. The van der Waals surface area contributed by atoms with Gasteiger partial charge in [-0.25, -0.2) is 0 Å². The lowest BCUT2D eigenvalue weighted by atomic mass is 10.0. The summed E-state index contributed by atoms with van der Waals surface area (Å²) < 4.78 is 0. The monoisotopic (exact) mass is 365 g/mol. The highest BCUT2D eigenvalue weighted by molar-refractivity contribution is 6.02. The number of hydrogen-bond donors (Lipinski definition) is 2. The molecule has 0 aliphatic carbocycles. The second-order valence-corrected chi connectivity index (χ2v) is 6.56. The largest absolute Gasteiger partial charge is 0.508 e. The van der Waals surface area contributed by atoms with E-state index < -0.39 is 0 Å². The number of anilines is 1. The molecule has 4 aromatic carbocycles. The summed E-state index contributed by atoms with van der Waals surface area (Å²) in [5, 5.41) is 14.5. The lowest BCUT2D eigenvalue weighted by molar-refractivity contribution is -0.111. The van der Waals surface area contributed by atoms with E-state index >= 15 is 0 Å². The molecular weight excluding hydrogens is 346 g/mol. The van der Waals surface area contributed by atoms with Crippen molar-refractivity contribution in [2.75, 3.05) is 5.32 Å². The van der Waals surface area contributed by atoms with Gasteiger partial charge in [-0.15, -0.1) is 0 Å². The standard InChI is InChI=1S/C25H19NO2/c27-24-14-11-21-16-20(7-8-22(21)17-24)19-9-12-23(13-10-19)26-25(28)15-6-18-4-2-1-3-5-18/h1-17,27H,(H,26,28)/b15-6+. The number of nitrogens with one attached hydrogen (secondary N) is 1. The molecule has 0 saturated heterocycles. The number of amides is 1. The van der Waals surface area contributed by atoms with Gasteiger partial charge in [0.25, 0.3) is 0 Å². The first-order valence-corrected chi connectivity index (χ1v) is 9.05. The fraction of sp³-hybridized carbons (Fsp3) is 0. The molecule has 0 aromatic heterocycles. The van der Waals surface area contributed by atoms with Gasteiger partial charge in [-0.05, 0) is 63.9 Å². The zero-order valence-electron chi connectivity index (χ0n) is 15.2. The highest BCUT2D eigenvalue weighted by atomic mass is 16.3. The second kappa shape index (κ2) is 7.80. The average Bonchev–Trinajstić information content (AvgIpc) is 2.73. The van der Waals surface area contributed by atoms with Gasteiger partial charge < -0.3 is 10.4 Å². The Hall–Kier alpha value is -3.85. The molecule has 2 N–H and O–H groups in total. The van der Waals surface area contributed by atoms with Crippen molar-refractivity contribution in [3.8, 4) is 16.9 Å². The predicted octanol–water partition coefficient (Wildman–Crippen LogP) is 5.86. The summed E-state index contributed by atoms with van der Waals surface area (Å²) in [4.78, 5) is 12.1. The minimum Gasteiger partial charge on any atom is -0.508 e. The minimum atomic E-state index is -0.165. The van der Waals surface area contributed by atoms with Crippen LogP contribution in [0.5, 0.6) is 5.75 Å². The summed E-state index contributed by atoms with van der Waals surface area (Å²) in [5.74, 6) is 0.101. The Balaban J connectivity index is 1.47. The maximum Gasteiger partial charge on any atom is 0.248 e. The quantitative estimate of drug-likeness (QED) is 0.445. The van der Waals surface area contributed by atoms with Crippen LogP contribution in [0.4, 0.5) is 5.69 Å². The maximum absolute atomic E-state index is 12.1. The van der Waals surface area contributed by atoms with Crippen molar-refractivity contribution >= 4 is 28.4 Å². The molecule has 0 radical (unpaired) electrons. The van der Waals surface area contributed by atoms with Crippen molar-refractivity contribution in [1.29, 1.82) is 0 Å². The number of phenolic OH excluding ortho intramolecular Hbond substituents is 1. The molecular formula is C25H19NO2. The van der Waals surface area contributed by atoms with Crippen molar-refractivity contribution in [3.05, 3.63) is 103 Å². The van der Waals surface area contributed by atoms with Crippen LogP contribution in [0.25, 0.3) is 28.0 Å². The Bertz CT molecular complexity index is 1150. The number of carbonyl (C=O) groups is 1. The van der Waals surface area contributed by atoms with Gasteiger partial charge >= 0.3 is 0 Å². The molecule has 3 heteroatoms. The highest BCUT2D eigenvalue weighted by Crippen LogP contribution is 2.27. The topological polar surface area (TPSA) is 49.3 Å². The Morgan fingerprint density at radius 2 is 1.43 bits per heavy atom. The predicted molar refractivity (Wildman–Crippen MR) is 115 cm³/mol. The molecule has 1 amide bonds. The lowest BCUT2D eigenvalue weighted by Gasteiger charge is -2.07. The SMILES string of the molecule is O=C(/C=C/c1ccccc1)Nc1ccc(-c2ccc3cc(O)ccc3c2)cc1. The minimum absolute atomic E-state index is 0.165. The third-order valence-corrected chi connectivity index (χ3v) is 4.54. The number of carbonyl (C=O) groups excluding carboxylic acids is 1. The number of hydrogen-bond acceptors (Lipinski definition) is 2. The molecule has 0 aliphatic heterocycles. The van der Waals surface area contributed by atoms with E-state index in [0.29, 0.717) is 0 Å². The molecule has 0 unspecified atom stereocenters. The molecule has 0 aliphatic rings. The molecule has 0 saturated carbocycles. The van der Waals surface area contributed by atoms with E-state index in [4.69, 9.17) is 0 Å². The molecule has 0 atom stereocenters. The Kier molecular flexibility index (Phi) is 4.89. The second-order valence-electron chi connectivity index (χ2n) is 6.56. The first kappa shape index (κ1) is 17.6. The molecule has 3 nitrogen and oxygen atoms in total. The van der Waals surface area contributed by atoms with E-state index in [1.807, 2.05) is 72.8 Å². The van der Waals surface area contributed by atoms with Crippen molar-refractivity contribution in [1.82, 2.24) is 0 Å². The average molecular weight is 365 g/mol. The van der Waals surface area contributed by atoms with Crippen LogP contribution in [0.15, 0.2) is 97.1 Å². The van der Waals surface area contributed by atoms with Crippen molar-refractivity contribution < 1.29 is 9.90 Å². The van der Waals surface area contributed by atoms with Crippen molar-refractivity contribution in [3.63, 3.8) is 0 Å². The van der Waals surface area contributed by atoms with E-state index in [0.717, 1.165) is 33.2 Å². The van der Waals surface area contributed by atoms with E-state index in [-0.39, 0.29) is 11.7 Å². The van der Waals surface area contributed by atoms with Crippen molar-refractivity contribution in [2.24, 2.45) is 0 Å². The number of benzene rings is 4. The molecule has 4 rings (SSSR count). The maximum atomic E-state index is 12.1. The summed E-state index contributed by atoms with van der Waals surface area (Å²) in [7, 11) is 0. The summed E-state index contributed by atoms with van der Waals surface area (Å²) in [6.07, 6.45) is 3.32. The Labute approximate surface area is 163 Å². The van der Waals surface area contributed by atoms with Gasteiger partial charge in [0.15, 0.2) is 0 Å². The van der Waals surface area contributed by atoms with Crippen LogP contribution in [0.1, 0.15) is 5.56 Å². The molecule has 4 aromatic rings. The van der Waals surface area contributed by atoms with E-state index in [2.05, 4.69) is 11.4 Å². The molecule has 0 heterocycles. The lowest BCUT2D eigenvalue weighted by Crippen LogP contribution is -2.07. The van der Waals surface area contributed by atoms with Crippen LogP contribution >= 0.6 is 0 Å². The summed E-state index contributed by atoms with van der Waals surface area (Å²) in [5.41, 5.74) is 3.88. The first-order chi connectivity index (χ1) is 13.7. The van der Waals surface area contributed by atoms with Crippen LogP contribution in [0.2, 0.25) is 0 Å². The van der Waals surface area contributed by atoms with Crippen LogP contribution in [-0.2, 0) is 4.79 Å². The number of aromatic hydroxyl groups is 1. The van der Waals surface area contributed by atoms with E-state index in [1.54, 1.807) is 18.2 Å². The highest BCUT2D eigenvalue weighted by Gasteiger charge is 2.03. The Morgan fingerprint density at radius 3 is 2.21 bits per heavy atom. The number of fused-ring (bicyclic) bond motifs is 1. The van der Waals surface area contributed by atoms with Gasteiger partial charge in [0.2, 0.25) is 5.91 Å². The summed E-state index contributed by atoms with van der Waals surface area (Å²) >= 11 is 0. The van der Waals surface area contributed by atoms with E-state index in [1.165, 1.54) is 6.08 Å². The smallest absolute Gasteiger partial charge is 0.248 e. The van der Waals surface area contributed by atoms with Crippen LogP contribution < -0.4 is 5.32 Å². The number of rotatable bonds is 4. The Morgan fingerprint density at radius 1 is 0.750 bits per heavy atom. The van der Waals surface area contributed by atoms with Crippen LogP contribution in [-0.4, -0.2) is 11.0 Å².